The molecule has 6 rings (SSSR count). The normalized spacial score (nSPS) is 12.9. The van der Waals surface area contributed by atoms with Gasteiger partial charge in [0, 0.05) is 39.6 Å². The van der Waals surface area contributed by atoms with Gasteiger partial charge in [-0.1, -0.05) is 78.9 Å². The first-order chi connectivity index (χ1) is 17.7. The number of aromatic nitrogens is 2. The molecule has 2 N–H and O–H groups in total. The number of nitrogens with one attached hydrogen (secondary N) is 2. The first-order valence-electron chi connectivity index (χ1n) is 11.9. The number of hydrogen-bond acceptors (Lipinski definition) is 1. The Labute approximate surface area is 209 Å². The topological polar surface area (TPSA) is 40.8 Å². The van der Waals surface area contributed by atoms with E-state index in [1.54, 1.807) is 7.11 Å². The molecule has 0 amide bonds. The Morgan fingerprint density at radius 3 is 2.19 bits per heavy atom. The van der Waals surface area contributed by atoms with Crippen LogP contribution in [-0.2, 0) is 5.41 Å². The van der Waals surface area contributed by atoms with Gasteiger partial charge in [-0.2, -0.15) is 0 Å². The molecule has 1 unspecified atom stereocenters. The van der Waals surface area contributed by atoms with Crippen LogP contribution in [0.5, 0.6) is 5.75 Å². The Kier molecular flexibility index (Phi) is 5.42. The van der Waals surface area contributed by atoms with Crippen LogP contribution in [0.25, 0.3) is 22.0 Å². The highest BCUT2D eigenvalue weighted by molar-refractivity contribution is 5.99. The summed E-state index contributed by atoms with van der Waals surface area (Å²) in [6, 6.07) is 37.6. The number of halogens is 1. The van der Waals surface area contributed by atoms with Crippen LogP contribution in [0.15, 0.2) is 121 Å². The predicted octanol–water partition coefficient (Wildman–Crippen LogP) is 7.69. The molecular weight excluding hydrogens is 447 g/mol. The lowest BCUT2D eigenvalue weighted by Crippen LogP contribution is -2.33. The SMILES string of the molecule is COc1ccccc1C(c1ccc(F)cc1)(c1ccc[nH]1)c1[nH]c2ccccc2c1-c1ccccc1. The van der Waals surface area contributed by atoms with Gasteiger partial charge in [-0.15, -0.1) is 0 Å². The number of H-pyrrole nitrogens is 2. The molecule has 4 heteroatoms. The molecule has 3 nitrogen and oxygen atoms in total. The number of fused-ring (bicyclic) bond motifs is 1. The Morgan fingerprint density at radius 2 is 1.44 bits per heavy atom. The van der Waals surface area contributed by atoms with Crippen LogP contribution >= 0.6 is 0 Å². The van der Waals surface area contributed by atoms with E-state index in [9.17, 15) is 4.39 Å². The number of para-hydroxylation sites is 2. The zero-order valence-corrected chi connectivity index (χ0v) is 19.8. The minimum absolute atomic E-state index is 0.279. The molecule has 1 atom stereocenters. The van der Waals surface area contributed by atoms with Gasteiger partial charge >= 0.3 is 0 Å². The number of aromatic amines is 2. The van der Waals surface area contributed by atoms with Crippen LogP contribution < -0.4 is 4.74 Å². The Balaban J connectivity index is 1.84. The summed E-state index contributed by atoms with van der Waals surface area (Å²) in [4.78, 5) is 7.28. The molecule has 0 bridgehead atoms. The third-order valence-corrected chi connectivity index (χ3v) is 6.93. The van der Waals surface area contributed by atoms with E-state index in [-0.39, 0.29) is 5.82 Å². The summed E-state index contributed by atoms with van der Waals surface area (Å²) < 4.78 is 20.2. The van der Waals surface area contributed by atoms with Gasteiger partial charge in [0.05, 0.1) is 7.11 Å². The Morgan fingerprint density at radius 1 is 0.722 bits per heavy atom. The highest BCUT2D eigenvalue weighted by Crippen LogP contribution is 2.51. The highest BCUT2D eigenvalue weighted by Gasteiger charge is 2.44. The zero-order valence-electron chi connectivity index (χ0n) is 19.8. The van der Waals surface area contributed by atoms with Gasteiger partial charge in [-0.25, -0.2) is 4.39 Å². The second kappa shape index (κ2) is 8.90. The quantitative estimate of drug-likeness (QED) is 0.256. The van der Waals surface area contributed by atoms with E-state index in [0.29, 0.717) is 0 Å². The lowest BCUT2D eigenvalue weighted by atomic mass is 9.67. The second-order valence-corrected chi connectivity index (χ2v) is 8.83. The number of ether oxygens (including phenoxy) is 1. The van der Waals surface area contributed by atoms with Crippen molar-refractivity contribution in [2.24, 2.45) is 0 Å². The van der Waals surface area contributed by atoms with Gasteiger partial charge in [0.2, 0.25) is 0 Å². The van der Waals surface area contributed by atoms with E-state index in [4.69, 9.17) is 4.74 Å². The number of rotatable bonds is 6. The summed E-state index contributed by atoms with van der Waals surface area (Å²) in [5.41, 5.74) is 6.16. The highest BCUT2D eigenvalue weighted by atomic mass is 19.1. The Hall–Kier alpha value is -4.57. The lowest BCUT2D eigenvalue weighted by Gasteiger charge is -2.36. The average Bonchev–Trinajstić information content (AvgIpc) is 3.60. The molecule has 0 aliphatic rings. The molecule has 6 aromatic rings. The Bertz CT molecular complexity index is 1620. The standard InChI is InChI=1S/C32H25FN2O/c1-36-28-15-8-6-13-26(28)32(29-16-9-21-34-29,23-17-19-24(33)20-18-23)31-30(22-10-3-2-4-11-22)25-12-5-7-14-27(25)35-31/h2-21,34-35H,1H3. The fourth-order valence-corrected chi connectivity index (χ4v) is 5.42. The van der Waals surface area contributed by atoms with Crippen molar-refractivity contribution in [1.29, 1.82) is 0 Å². The third-order valence-electron chi connectivity index (χ3n) is 6.93. The smallest absolute Gasteiger partial charge is 0.123 e. The summed E-state index contributed by atoms with van der Waals surface area (Å²) in [5.74, 6) is 0.466. The molecule has 2 aromatic heterocycles. The zero-order chi connectivity index (χ0) is 24.5. The van der Waals surface area contributed by atoms with E-state index in [1.165, 1.54) is 12.1 Å². The summed E-state index contributed by atoms with van der Waals surface area (Å²) >= 11 is 0. The average molecular weight is 473 g/mol. The van der Waals surface area contributed by atoms with Gasteiger partial charge in [0.1, 0.15) is 17.0 Å². The molecular formula is C32H25FN2O. The van der Waals surface area contributed by atoms with E-state index >= 15 is 0 Å². The summed E-state index contributed by atoms with van der Waals surface area (Å²) in [6.07, 6.45) is 1.92. The van der Waals surface area contributed by atoms with E-state index in [1.807, 2.05) is 54.7 Å². The minimum atomic E-state index is -0.853. The van der Waals surface area contributed by atoms with Crippen molar-refractivity contribution in [2.45, 2.75) is 5.41 Å². The van der Waals surface area contributed by atoms with Gasteiger partial charge in [0.25, 0.3) is 0 Å². The molecule has 4 aromatic carbocycles. The van der Waals surface area contributed by atoms with Crippen molar-refractivity contribution in [1.82, 2.24) is 9.97 Å². The van der Waals surface area contributed by atoms with Crippen LogP contribution in [0, 0.1) is 5.82 Å². The molecule has 0 aliphatic carbocycles. The predicted molar refractivity (Wildman–Crippen MR) is 143 cm³/mol. The van der Waals surface area contributed by atoms with E-state index < -0.39 is 5.41 Å². The fourth-order valence-electron chi connectivity index (χ4n) is 5.42. The molecule has 176 valence electrons. The molecule has 0 saturated carbocycles. The van der Waals surface area contributed by atoms with Crippen molar-refractivity contribution in [3.8, 4) is 16.9 Å². The van der Waals surface area contributed by atoms with Crippen LogP contribution in [0.1, 0.15) is 22.5 Å². The van der Waals surface area contributed by atoms with E-state index in [0.717, 1.165) is 50.3 Å². The second-order valence-electron chi connectivity index (χ2n) is 8.83. The maximum Gasteiger partial charge on any atom is 0.123 e. The minimum Gasteiger partial charge on any atom is -0.496 e. The monoisotopic (exact) mass is 472 g/mol. The number of hydrogen-bond donors (Lipinski definition) is 2. The maximum absolute atomic E-state index is 14.2. The molecule has 0 saturated heterocycles. The van der Waals surface area contributed by atoms with Crippen LogP contribution in [-0.4, -0.2) is 17.1 Å². The van der Waals surface area contributed by atoms with Crippen LogP contribution in [0.2, 0.25) is 0 Å². The van der Waals surface area contributed by atoms with Crippen molar-refractivity contribution in [3.63, 3.8) is 0 Å². The molecule has 0 fully saturated rings. The number of methoxy groups -OCH3 is 1. The lowest BCUT2D eigenvalue weighted by molar-refractivity contribution is 0.404. The molecule has 0 spiro atoms. The molecule has 2 heterocycles. The summed E-state index contributed by atoms with van der Waals surface area (Å²) in [7, 11) is 1.69. The fraction of sp³-hybridized carbons (Fsp3) is 0.0625. The molecule has 0 radical (unpaired) electrons. The maximum atomic E-state index is 14.2. The van der Waals surface area contributed by atoms with Gasteiger partial charge in [-0.3, -0.25) is 0 Å². The molecule has 0 aliphatic heterocycles. The summed E-state index contributed by atoms with van der Waals surface area (Å²) in [5, 5.41) is 1.12. The first kappa shape index (κ1) is 21.9. The van der Waals surface area contributed by atoms with Crippen LogP contribution in [0.3, 0.4) is 0 Å². The molecule has 36 heavy (non-hydrogen) atoms. The van der Waals surface area contributed by atoms with Crippen molar-refractivity contribution in [3.05, 3.63) is 150 Å². The van der Waals surface area contributed by atoms with Crippen molar-refractivity contribution < 1.29 is 9.13 Å². The van der Waals surface area contributed by atoms with Gasteiger partial charge in [0.15, 0.2) is 0 Å². The third kappa shape index (κ3) is 3.34. The number of benzene rings is 4. The first-order valence-corrected chi connectivity index (χ1v) is 11.9. The van der Waals surface area contributed by atoms with Crippen molar-refractivity contribution >= 4 is 10.9 Å². The summed E-state index contributed by atoms with van der Waals surface area (Å²) in [6.45, 7) is 0. The van der Waals surface area contributed by atoms with Gasteiger partial charge in [-0.05, 0) is 47.5 Å². The van der Waals surface area contributed by atoms with Crippen LogP contribution in [0.4, 0.5) is 4.39 Å². The largest absolute Gasteiger partial charge is 0.496 e. The van der Waals surface area contributed by atoms with E-state index in [2.05, 4.69) is 64.6 Å². The van der Waals surface area contributed by atoms with Gasteiger partial charge < -0.3 is 14.7 Å². The van der Waals surface area contributed by atoms with Crippen molar-refractivity contribution in [2.75, 3.05) is 7.11 Å².